The van der Waals surface area contributed by atoms with Gasteiger partial charge in [0.25, 0.3) is 0 Å². The summed E-state index contributed by atoms with van der Waals surface area (Å²) in [5, 5.41) is 0. The van der Waals surface area contributed by atoms with E-state index in [9.17, 15) is 14.4 Å². The summed E-state index contributed by atoms with van der Waals surface area (Å²) in [6.07, 6.45) is 89.0. The number of carbonyl (C=O) groups excluding carboxylic acids is 3. The number of carbonyl (C=O) groups is 3. The molecule has 0 aliphatic heterocycles. The van der Waals surface area contributed by atoms with Crippen LogP contribution in [0, 0.1) is 0 Å². The van der Waals surface area contributed by atoms with Crippen LogP contribution in [0.4, 0.5) is 0 Å². The lowest BCUT2D eigenvalue weighted by Gasteiger charge is -2.18. The first-order valence-corrected chi connectivity index (χ1v) is 34.1. The second-order valence-electron chi connectivity index (χ2n) is 22.7. The number of unbranched alkanes of at least 4 members (excludes halogenated alkanes) is 37. The topological polar surface area (TPSA) is 78.9 Å². The molecule has 0 saturated heterocycles. The molecule has 79 heavy (non-hydrogen) atoms. The van der Waals surface area contributed by atoms with E-state index in [-0.39, 0.29) is 31.1 Å². The Morgan fingerprint density at radius 3 is 0.835 bits per heavy atom. The van der Waals surface area contributed by atoms with Crippen LogP contribution in [0.2, 0.25) is 0 Å². The molecule has 0 heterocycles. The normalized spacial score (nSPS) is 12.6. The fourth-order valence-electron chi connectivity index (χ4n) is 9.80. The van der Waals surface area contributed by atoms with Gasteiger partial charge in [-0.2, -0.15) is 0 Å². The van der Waals surface area contributed by atoms with Crippen LogP contribution >= 0.6 is 0 Å². The highest BCUT2D eigenvalue weighted by molar-refractivity contribution is 5.71. The zero-order chi connectivity index (χ0) is 57.1. The van der Waals surface area contributed by atoms with Crippen molar-refractivity contribution in [3.05, 3.63) is 85.1 Å². The van der Waals surface area contributed by atoms with Crippen molar-refractivity contribution in [2.75, 3.05) is 13.2 Å². The van der Waals surface area contributed by atoms with Gasteiger partial charge in [0.2, 0.25) is 0 Å². The summed E-state index contributed by atoms with van der Waals surface area (Å²) in [5.41, 5.74) is 0. The summed E-state index contributed by atoms with van der Waals surface area (Å²) in [4.78, 5) is 38.3. The van der Waals surface area contributed by atoms with Crippen LogP contribution in [-0.2, 0) is 28.6 Å². The van der Waals surface area contributed by atoms with Crippen LogP contribution < -0.4 is 0 Å². The van der Waals surface area contributed by atoms with E-state index in [1.54, 1.807) is 0 Å². The molecule has 6 nitrogen and oxygen atoms in total. The summed E-state index contributed by atoms with van der Waals surface area (Å²) >= 11 is 0. The van der Waals surface area contributed by atoms with Gasteiger partial charge in [-0.1, -0.05) is 318 Å². The van der Waals surface area contributed by atoms with Crippen molar-refractivity contribution in [3.8, 4) is 0 Å². The van der Waals surface area contributed by atoms with Crippen LogP contribution in [0.1, 0.15) is 342 Å². The second kappa shape index (κ2) is 67.1. The van der Waals surface area contributed by atoms with Gasteiger partial charge in [0.15, 0.2) is 6.10 Å². The Bertz CT molecular complexity index is 1500. The molecule has 0 saturated carbocycles. The molecule has 0 fully saturated rings. The first-order chi connectivity index (χ1) is 39.0. The lowest BCUT2D eigenvalue weighted by molar-refractivity contribution is -0.167. The Morgan fingerprint density at radius 1 is 0.266 bits per heavy atom. The summed E-state index contributed by atoms with van der Waals surface area (Å²) < 4.78 is 16.9. The first kappa shape index (κ1) is 75.6. The van der Waals surface area contributed by atoms with Crippen LogP contribution in [-0.4, -0.2) is 37.2 Å². The number of hydrogen-bond donors (Lipinski definition) is 0. The van der Waals surface area contributed by atoms with E-state index in [1.807, 2.05) is 0 Å². The molecule has 1 atom stereocenters. The van der Waals surface area contributed by atoms with E-state index in [0.29, 0.717) is 19.3 Å². The van der Waals surface area contributed by atoms with Crippen molar-refractivity contribution in [1.29, 1.82) is 0 Å². The predicted octanol–water partition coefficient (Wildman–Crippen LogP) is 23.4. The van der Waals surface area contributed by atoms with Crippen molar-refractivity contribution < 1.29 is 28.6 Å². The van der Waals surface area contributed by atoms with Crippen LogP contribution in [0.25, 0.3) is 0 Å². The molecule has 0 aromatic carbocycles. The van der Waals surface area contributed by atoms with E-state index >= 15 is 0 Å². The Kier molecular flexibility index (Phi) is 64.2. The maximum absolute atomic E-state index is 12.9. The highest BCUT2D eigenvalue weighted by Crippen LogP contribution is 2.18. The lowest BCUT2D eigenvalue weighted by atomic mass is 10.0. The third kappa shape index (κ3) is 65.3. The fourth-order valence-corrected chi connectivity index (χ4v) is 9.80. The smallest absolute Gasteiger partial charge is 0.306 e. The number of hydrogen-bond acceptors (Lipinski definition) is 6. The van der Waals surface area contributed by atoms with Crippen LogP contribution in [0.15, 0.2) is 85.1 Å². The molecule has 456 valence electrons. The van der Waals surface area contributed by atoms with Crippen molar-refractivity contribution >= 4 is 17.9 Å². The van der Waals surface area contributed by atoms with Crippen molar-refractivity contribution in [3.63, 3.8) is 0 Å². The molecule has 0 spiro atoms. The van der Waals surface area contributed by atoms with Gasteiger partial charge >= 0.3 is 17.9 Å². The summed E-state index contributed by atoms with van der Waals surface area (Å²) in [5.74, 6) is -0.876. The van der Waals surface area contributed by atoms with Crippen LogP contribution in [0.3, 0.4) is 0 Å². The highest BCUT2D eigenvalue weighted by Gasteiger charge is 2.19. The fraction of sp³-hybridized carbons (Fsp3) is 0.767. The minimum atomic E-state index is -0.780. The maximum atomic E-state index is 12.9. The Labute approximate surface area is 490 Å². The molecular weight excluding hydrogens is 973 g/mol. The van der Waals surface area contributed by atoms with E-state index in [0.717, 1.165) is 109 Å². The summed E-state index contributed by atoms with van der Waals surface area (Å²) in [6, 6.07) is 0. The first-order valence-electron chi connectivity index (χ1n) is 34.1. The van der Waals surface area contributed by atoms with Crippen molar-refractivity contribution in [1.82, 2.24) is 0 Å². The molecule has 0 aromatic rings. The molecule has 6 heteroatoms. The average molecular weight is 1100 g/mol. The molecular formula is C73H128O6. The van der Waals surface area contributed by atoms with Gasteiger partial charge < -0.3 is 14.2 Å². The number of esters is 3. The standard InChI is InChI=1S/C73H128O6/c1-4-7-10-13-16-19-22-24-26-28-30-32-34-35-36-37-38-39-40-42-43-45-47-49-51-54-57-60-63-66-72(75)78-69-70(68-77-71(74)65-62-59-56-53-21-18-15-12-9-6-3)79-73(76)67-64-61-58-55-52-50-48-46-44-41-33-31-29-27-25-23-20-17-14-11-8-5-2/h7,10,12,15-16,19,24,26,30,32,35-36,38-39,70H,4-6,8-9,11,13-14,17-18,20-23,25,27-29,31,33-34,37,40-69H2,1-3H3/b10-7-,15-12-,19-16-,26-24-,32-30-,36-35-,39-38-. The molecule has 0 bridgehead atoms. The third-order valence-corrected chi connectivity index (χ3v) is 14.9. The molecule has 0 N–H and O–H groups in total. The number of allylic oxidation sites excluding steroid dienone is 14. The predicted molar refractivity (Wildman–Crippen MR) is 344 cm³/mol. The molecule has 0 aliphatic rings. The summed E-state index contributed by atoms with van der Waals surface area (Å²) in [6.45, 7) is 6.50. The lowest BCUT2D eigenvalue weighted by Crippen LogP contribution is -2.30. The van der Waals surface area contributed by atoms with Crippen molar-refractivity contribution in [2.45, 2.75) is 348 Å². The third-order valence-electron chi connectivity index (χ3n) is 14.9. The Hall–Kier alpha value is -3.41. The molecule has 0 amide bonds. The van der Waals surface area contributed by atoms with Gasteiger partial charge in [-0.15, -0.1) is 0 Å². The molecule has 0 aromatic heterocycles. The van der Waals surface area contributed by atoms with E-state index in [1.165, 1.54) is 193 Å². The zero-order valence-corrected chi connectivity index (χ0v) is 52.4. The minimum Gasteiger partial charge on any atom is -0.462 e. The minimum absolute atomic E-state index is 0.0781. The quantitative estimate of drug-likeness (QED) is 0.0261. The van der Waals surface area contributed by atoms with Gasteiger partial charge in [0.1, 0.15) is 13.2 Å². The van der Waals surface area contributed by atoms with Gasteiger partial charge in [-0.25, -0.2) is 0 Å². The maximum Gasteiger partial charge on any atom is 0.306 e. The van der Waals surface area contributed by atoms with Gasteiger partial charge in [-0.05, 0) is 89.9 Å². The van der Waals surface area contributed by atoms with Gasteiger partial charge in [0, 0.05) is 19.3 Å². The van der Waals surface area contributed by atoms with Crippen molar-refractivity contribution in [2.24, 2.45) is 0 Å². The highest BCUT2D eigenvalue weighted by atomic mass is 16.6. The second-order valence-corrected chi connectivity index (χ2v) is 22.7. The SMILES string of the molecule is CC/C=C\C/C=C\C/C=C\C/C=C\C/C=C\C/C=C\CCCCCCCCCCCCC(=O)OCC(COC(=O)CCCCCCC/C=C\CCC)OC(=O)CCCCCCCCCCCCCCCCCCCCCCCC. The molecule has 0 rings (SSSR count). The monoisotopic (exact) mass is 1100 g/mol. The number of rotatable bonds is 62. The zero-order valence-electron chi connectivity index (χ0n) is 52.4. The van der Waals surface area contributed by atoms with Crippen LogP contribution in [0.5, 0.6) is 0 Å². The van der Waals surface area contributed by atoms with E-state index < -0.39 is 6.10 Å². The average Bonchev–Trinajstić information content (AvgIpc) is 3.45. The molecule has 1 unspecified atom stereocenters. The molecule has 0 radical (unpaired) electrons. The van der Waals surface area contributed by atoms with E-state index in [2.05, 4.69) is 106 Å². The molecule has 0 aliphatic carbocycles. The van der Waals surface area contributed by atoms with Gasteiger partial charge in [0.05, 0.1) is 0 Å². The van der Waals surface area contributed by atoms with Gasteiger partial charge in [-0.3, -0.25) is 14.4 Å². The largest absolute Gasteiger partial charge is 0.462 e. The Morgan fingerprint density at radius 2 is 0.519 bits per heavy atom. The summed E-state index contributed by atoms with van der Waals surface area (Å²) in [7, 11) is 0. The van der Waals surface area contributed by atoms with E-state index in [4.69, 9.17) is 14.2 Å². The number of ether oxygens (including phenoxy) is 3. The Balaban J connectivity index is 4.20.